The van der Waals surface area contributed by atoms with Crippen molar-refractivity contribution in [3.63, 3.8) is 0 Å². The van der Waals surface area contributed by atoms with Crippen LogP contribution in [0.5, 0.6) is 0 Å². The Hall–Kier alpha value is -2.69. The molecule has 0 spiro atoms. The summed E-state index contributed by atoms with van der Waals surface area (Å²) in [5, 5.41) is 5.23. The van der Waals surface area contributed by atoms with Gasteiger partial charge in [-0.15, -0.1) is 0 Å². The van der Waals surface area contributed by atoms with E-state index in [1.165, 1.54) is 6.42 Å². The lowest BCUT2D eigenvalue weighted by Gasteiger charge is -2.34. The molecule has 0 saturated carbocycles. The van der Waals surface area contributed by atoms with Crippen LogP contribution >= 0.6 is 0 Å². The van der Waals surface area contributed by atoms with Gasteiger partial charge in [0.2, 0.25) is 0 Å². The quantitative estimate of drug-likeness (QED) is 0.684. The van der Waals surface area contributed by atoms with Crippen LogP contribution in [0, 0.1) is 13.8 Å². The van der Waals surface area contributed by atoms with E-state index in [2.05, 4.69) is 38.0 Å². The fourth-order valence-electron chi connectivity index (χ4n) is 4.18. The maximum atomic E-state index is 13.5. The van der Waals surface area contributed by atoms with Gasteiger partial charge in [-0.3, -0.25) is 9.48 Å². The summed E-state index contributed by atoms with van der Waals surface area (Å²) in [6.45, 7) is 7.12. The fraction of sp³-hybridized carbons (Fsp3) is 0.409. The summed E-state index contributed by atoms with van der Waals surface area (Å²) < 4.78 is 1.76. The van der Waals surface area contributed by atoms with Crippen molar-refractivity contribution >= 4 is 16.8 Å². The molecule has 1 aromatic carbocycles. The summed E-state index contributed by atoms with van der Waals surface area (Å²) in [6.07, 6.45) is 7.08. The number of aryl methyl sites for hydroxylation is 3. The van der Waals surface area contributed by atoms with Crippen molar-refractivity contribution in [1.29, 1.82) is 0 Å². The van der Waals surface area contributed by atoms with Gasteiger partial charge in [-0.1, -0.05) is 6.07 Å². The van der Waals surface area contributed by atoms with Gasteiger partial charge in [-0.25, -0.2) is 4.98 Å². The average Bonchev–Trinajstić information content (AvgIpc) is 3.06. The number of benzene rings is 1. The Bertz CT molecular complexity index is 1020. The Kier molecular flexibility index (Phi) is 4.46. The second-order valence-electron chi connectivity index (χ2n) is 7.78. The van der Waals surface area contributed by atoms with Crippen LogP contribution in [-0.2, 0) is 7.05 Å². The van der Waals surface area contributed by atoms with Crippen LogP contribution in [0.1, 0.15) is 47.7 Å². The summed E-state index contributed by atoms with van der Waals surface area (Å²) in [7, 11) is 1.89. The Morgan fingerprint density at radius 1 is 1.19 bits per heavy atom. The molecule has 1 aliphatic rings. The van der Waals surface area contributed by atoms with E-state index in [1.807, 2.05) is 24.2 Å². The summed E-state index contributed by atoms with van der Waals surface area (Å²) in [4.78, 5) is 20.4. The van der Waals surface area contributed by atoms with Crippen LogP contribution in [0.4, 0.5) is 0 Å². The number of rotatable bonds is 2. The largest absolute Gasteiger partial charge is 0.336 e. The molecule has 0 aliphatic carbocycles. The van der Waals surface area contributed by atoms with Gasteiger partial charge in [-0.2, -0.15) is 5.10 Å². The fourth-order valence-corrected chi connectivity index (χ4v) is 4.18. The number of fused-ring (bicyclic) bond motifs is 1. The third-order valence-electron chi connectivity index (χ3n) is 5.55. The molecule has 3 heterocycles. The zero-order valence-electron chi connectivity index (χ0n) is 16.5. The Morgan fingerprint density at radius 3 is 2.70 bits per heavy atom. The second kappa shape index (κ2) is 6.80. The molecule has 5 heteroatoms. The topological polar surface area (TPSA) is 51.0 Å². The molecule has 5 nitrogen and oxygen atoms in total. The molecule has 140 valence electrons. The van der Waals surface area contributed by atoms with Gasteiger partial charge >= 0.3 is 0 Å². The van der Waals surface area contributed by atoms with Crippen molar-refractivity contribution in [2.24, 2.45) is 7.05 Å². The smallest absolute Gasteiger partial charge is 0.254 e. The number of piperidine rings is 1. The third-order valence-corrected chi connectivity index (χ3v) is 5.55. The molecule has 0 radical (unpaired) electrons. The van der Waals surface area contributed by atoms with Crippen molar-refractivity contribution < 1.29 is 4.79 Å². The van der Waals surface area contributed by atoms with E-state index < -0.39 is 0 Å². The molecular weight excluding hydrogens is 336 g/mol. The van der Waals surface area contributed by atoms with Crippen molar-refractivity contribution in [1.82, 2.24) is 19.7 Å². The average molecular weight is 362 g/mol. The van der Waals surface area contributed by atoms with E-state index in [1.54, 1.807) is 10.9 Å². The second-order valence-corrected chi connectivity index (χ2v) is 7.78. The number of carbonyl (C=O) groups is 1. The molecule has 1 fully saturated rings. The highest BCUT2D eigenvalue weighted by atomic mass is 16.2. The van der Waals surface area contributed by atoms with Gasteiger partial charge in [0.15, 0.2) is 0 Å². The first kappa shape index (κ1) is 17.7. The molecule has 0 N–H and O–H groups in total. The molecule has 4 rings (SSSR count). The summed E-state index contributed by atoms with van der Waals surface area (Å²) in [5.41, 5.74) is 5.61. The van der Waals surface area contributed by atoms with Crippen LogP contribution in [-0.4, -0.2) is 38.2 Å². The minimum atomic E-state index is 0.117. The molecule has 0 bridgehead atoms. The molecule has 27 heavy (non-hydrogen) atoms. The van der Waals surface area contributed by atoms with Gasteiger partial charge < -0.3 is 4.90 Å². The van der Waals surface area contributed by atoms with E-state index in [-0.39, 0.29) is 11.9 Å². The number of carbonyl (C=O) groups excluding carboxylic acids is 1. The van der Waals surface area contributed by atoms with Gasteiger partial charge in [0.25, 0.3) is 5.91 Å². The normalized spacial score (nSPS) is 17.5. The third kappa shape index (κ3) is 3.22. The standard InChI is InChI=1S/C22H26N4O/c1-14-9-15(2)21-18(22(27)26-8-6-5-7-16(26)3)11-19(24-20(21)10-14)17-12-23-25(4)13-17/h9-13,16H,5-8H2,1-4H3. The van der Waals surface area contributed by atoms with Crippen LogP contribution in [0.25, 0.3) is 22.2 Å². The number of hydrogen-bond acceptors (Lipinski definition) is 3. The first-order valence-electron chi connectivity index (χ1n) is 9.66. The number of amides is 1. The van der Waals surface area contributed by atoms with Crippen molar-refractivity contribution in [2.75, 3.05) is 6.54 Å². The first-order valence-corrected chi connectivity index (χ1v) is 9.66. The van der Waals surface area contributed by atoms with Crippen LogP contribution in [0.15, 0.2) is 30.6 Å². The highest BCUT2D eigenvalue weighted by molar-refractivity contribution is 6.08. The molecule has 1 atom stereocenters. The SMILES string of the molecule is Cc1cc(C)c2c(C(=O)N3CCCCC3C)cc(-c3cnn(C)c3)nc2c1. The molecule has 1 unspecified atom stereocenters. The van der Waals surface area contributed by atoms with E-state index >= 15 is 0 Å². The molecule has 1 saturated heterocycles. The van der Waals surface area contributed by atoms with Gasteiger partial charge in [-0.05, 0) is 63.3 Å². The Morgan fingerprint density at radius 2 is 2.00 bits per heavy atom. The van der Waals surface area contributed by atoms with Crippen LogP contribution < -0.4 is 0 Å². The van der Waals surface area contributed by atoms with Gasteiger partial charge in [0.05, 0.1) is 23.0 Å². The summed E-state index contributed by atoms with van der Waals surface area (Å²) >= 11 is 0. The number of nitrogens with zero attached hydrogens (tertiary/aromatic N) is 4. The lowest BCUT2D eigenvalue weighted by atomic mass is 9.96. The monoisotopic (exact) mass is 362 g/mol. The maximum Gasteiger partial charge on any atom is 0.254 e. The molecule has 2 aromatic heterocycles. The number of likely N-dealkylation sites (tertiary alicyclic amines) is 1. The molecular formula is C22H26N4O. The summed E-state index contributed by atoms with van der Waals surface area (Å²) in [5.74, 6) is 0.117. The van der Waals surface area contributed by atoms with E-state index in [0.29, 0.717) is 0 Å². The van der Waals surface area contributed by atoms with E-state index in [9.17, 15) is 4.79 Å². The number of aromatic nitrogens is 3. The van der Waals surface area contributed by atoms with Crippen molar-refractivity contribution in [2.45, 2.75) is 46.1 Å². The van der Waals surface area contributed by atoms with Gasteiger partial charge in [0, 0.05) is 36.8 Å². The maximum absolute atomic E-state index is 13.5. The summed E-state index contributed by atoms with van der Waals surface area (Å²) in [6, 6.07) is 6.43. The van der Waals surface area contributed by atoms with Crippen LogP contribution in [0.3, 0.4) is 0 Å². The Labute approximate surface area is 160 Å². The zero-order chi connectivity index (χ0) is 19.1. The van der Waals surface area contributed by atoms with Gasteiger partial charge in [0.1, 0.15) is 0 Å². The predicted molar refractivity (Wildman–Crippen MR) is 108 cm³/mol. The van der Waals surface area contributed by atoms with Crippen LogP contribution in [0.2, 0.25) is 0 Å². The predicted octanol–water partition coefficient (Wildman–Crippen LogP) is 4.27. The molecule has 1 aliphatic heterocycles. The number of pyridine rings is 1. The first-order chi connectivity index (χ1) is 12.9. The van der Waals surface area contributed by atoms with E-state index in [4.69, 9.17) is 4.98 Å². The lowest BCUT2D eigenvalue weighted by molar-refractivity contribution is 0.0637. The Balaban J connectivity index is 1.92. The number of hydrogen-bond donors (Lipinski definition) is 0. The highest BCUT2D eigenvalue weighted by Gasteiger charge is 2.27. The zero-order valence-corrected chi connectivity index (χ0v) is 16.5. The lowest BCUT2D eigenvalue weighted by Crippen LogP contribution is -2.42. The molecule has 3 aromatic rings. The van der Waals surface area contributed by atoms with Crippen molar-refractivity contribution in [3.8, 4) is 11.3 Å². The van der Waals surface area contributed by atoms with E-state index in [0.717, 1.165) is 58.2 Å². The molecule has 1 amide bonds. The minimum Gasteiger partial charge on any atom is -0.336 e. The highest BCUT2D eigenvalue weighted by Crippen LogP contribution is 2.30. The minimum absolute atomic E-state index is 0.117. The van der Waals surface area contributed by atoms with Crippen molar-refractivity contribution in [3.05, 3.63) is 47.3 Å².